The van der Waals surface area contributed by atoms with Gasteiger partial charge in [-0.1, -0.05) is 0 Å². The van der Waals surface area contributed by atoms with Gasteiger partial charge in [-0.2, -0.15) is 0 Å². The van der Waals surface area contributed by atoms with Crippen LogP contribution in [0.5, 0.6) is 0 Å². The lowest BCUT2D eigenvalue weighted by molar-refractivity contribution is -0.143. The fourth-order valence-electron chi connectivity index (χ4n) is 1.19. The molecular weight excluding hydrogens is 188 g/mol. The molecule has 0 aromatic heterocycles. The van der Waals surface area contributed by atoms with E-state index in [2.05, 4.69) is 10.6 Å². The number of carbonyl (C=O) groups is 2. The molecule has 4 N–H and O–H groups in total. The smallest absolute Gasteiger partial charge is 0.328 e. The molecule has 1 saturated heterocycles. The summed E-state index contributed by atoms with van der Waals surface area (Å²) < 4.78 is 0. The lowest BCUT2D eigenvalue weighted by atomic mass is 9.99. The van der Waals surface area contributed by atoms with Crippen molar-refractivity contribution in [3.63, 3.8) is 0 Å². The summed E-state index contributed by atoms with van der Waals surface area (Å²) in [6.45, 7) is 1.01. The number of carbonyl (C=O) groups excluding carboxylic acids is 1. The van der Waals surface area contributed by atoms with Crippen molar-refractivity contribution in [3.05, 3.63) is 0 Å². The van der Waals surface area contributed by atoms with Gasteiger partial charge in [0.05, 0.1) is 6.61 Å². The van der Waals surface area contributed by atoms with E-state index >= 15 is 0 Å². The number of amides is 1. The molecule has 0 bridgehead atoms. The highest BCUT2D eigenvalue weighted by Gasteiger charge is 2.23. The standard InChI is InChI=1S/C8H14N2O4/c11-4-6(8(13)14)10-7(12)1-5-2-9-3-5/h5-6,9,11H,1-4H2,(H,10,12)(H,13,14). The number of hydrogen-bond donors (Lipinski definition) is 4. The Morgan fingerprint density at radius 1 is 1.50 bits per heavy atom. The molecule has 1 fully saturated rings. The predicted molar refractivity (Wildman–Crippen MR) is 47.6 cm³/mol. The van der Waals surface area contributed by atoms with Crippen LogP contribution in [0.4, 0.5) is 0 Å². The Morgan fingerprint density at radius 3 is 2.50 bits per heavy atom. The van der Waals surface area contributed by atoms with Crippen LogP contribution in [0.1, 0.15) is 6.42 Å². The third-order valence-corrected chi connectivity index (χ3v) is 2.16. The van der Waals surface area contributed by atoms with Crippen LogP contribution in [0, 0.1) is 5.92 Å². The Morgan fingerprint density at radius 2 is 2.14 bits per heavy atom. The summed E-state index contributed by atoms with van der Waals surface area (Å²) in [5.41, 5.74) is 0. The van der Waals surface area contributed by atoms with Crippen molar-refractivity contribution in [2.75, 3.05) is 19.7 Å². The van der Waals surface area contributed by atoms with Crippen molar-refractivity contribution in [3.8, 4) is 0 Å². The maximum absolute atomic E-state index is 11.2. The zero-order valence-electron chi connectivity index (χ0n) is 7.69. The van der Waals surface area contributed by atoms with Gasteiger partial charge in [-0.25, -0.2) is 4.79 Å². The van der Waals surface area contributed by atoms with Crippen molar-refractivity contribution in [1.29, 1.82) is 0 Å². The minimum Gasteiger partial charge on any atom is -0.480 e. The van der Waals surface area contributed by atoms with Crippen LogP contribution >= 0.6 is 0 Å². The lowest BCUT2D eigenvalue weighted by Gasteiger charge is -2.26. The van der Waals surface area contributed by atoms with Crippen LogP contribution in [0.15, 0.2) is 0 Å². The van der Waals surface area contributed by atoms with E-state index < -0.39 is 18.6 Å². The number of nitrogens with one attached hydrogen (secondary N) is 2. The van der Waals surface area contributed by atoms with Gasteiger partial charge in [-0.05, 0) is 19.0 Å². The second-order valence-electron chi connectivity index (χ2n) is 3.37. The molecule has 0 aromatic rings. The van der Waals surface area contributed by atoms with Gasteiger partial charge >= 0.3 is 5.97 Å². The molecule has 1 rings (SSSR count). The second-order valence-corrected chi connectivity index (χ2v) is 3.37. The number of aliphatic hydroxyl groups excluding tert-OH is 1. The third-order valence-electron chi connectivity index (χ3n) is 2.16. The Labute approximate surface area is 81.3 Å². The Bertz CT molecular complexity index is 227. The van der Waals surface area contributed by atoms with Gasteiger partial charge in [0.15, 0.2) is 0 Å². The fraction of sp³-hybridized carbons (Fsp3) is 0.750. The van der Waals surface area contributed by atoms with Crippen molar-refractivity contribution in [2.24, 2.45) is 5.92 Å². The molecule has 1 aliphatic heterocycles. The molecule has 0 aromatic carbocycles. The number of rotatable bonds is 5. The van der Waals surface area contributed by atoms with Crippen molar-refractivity contribution in [1.82, 2.24) is 10.6 Å². The van der Waals surface area contributed by atoms with Crippen LogP contribution in [-0.2, 0) is 9.59 Å². The molecule has 1 atom stereocenters. The molecule has 1 unspecified atom stereocenters. The summed E-state index contributed by atoms with van der Waals surface area (Å²) in [6.07, 6.45) is 0.316. The summed E-state index contributed by atoms with van der Waals surface area (Å²) in [5, 5.41) is 22.4. The highest BCUT2D eigenvalue weighted by atomic mass is 16.4. The Kier molecular flexibility index (Phi) is 3.84. The van der Waals surface area contributed by atoms with Gasteiger partial charge in [0.25, 0.3) is 0 Å². The van der Waals surface area contributed by atoms with Gasteiger partial charge in [0.2, 0.25) is 5.91 Å². The predicted octanol–water partition coefficient (Wildman–Crippen LogP) is -1.84. The molecule has 0 radical (unpaired) electrons. The molecule has 0 spiro atoms. The van der Waals surface area contributed by atoms with Crippen molar-refractivity contribution >= 4 is 11.9 Å². The maximum Gasteiger partial charge on any atom is 0.328 e. The fourth-order valence-corrected chi connectivity index (χ4v) is 1.19. The van der Waals surface area contributed by atoms with E-state index in [0.29, 0.717) is 12.3 Å². The SMILES string of the molecule is O=C(CC1CNC1)NC(CO)C(=O)O. The van der Waals surface area contributed by atoms with Crippen LogP contribution in [0.3, 0.4) is 0 Å². The molecule has 80 valence electrons. The highest BCUT2D eigenvalue weighted by Crippen LogP contribution is 2.07. The van der Waals surface area contributed by atoms with E-state index in [4.69, 9.17) is 10.2 Å². The molecular formula is C8H14N2O4. The van der Waals surface area contributed by atoms with Gasteiger partial charge in [-0.3, -0.25) is 4.79 Å². The van der Waals surface area contributed by atoms with Crippen LogP contribution in [0.25, 0.3) is 0 Å². The van der Waals surface area contributed by atoms with Gasteiger partial charge in [-0.15, -0.1) is 0 Å². The quantitative estimate of drug-likeness (QED) is 0.420. The molecule has 0 saturated carbocycles. The van der Waals surface area contributed by atoms with Crippen molar-refractivity contribution < 1.29 is 19.8 Å². The maximum atomic E-state index is 11.2. The van der Waals surface area contributed by atoms with E-state index in [1.165, 1.54) is 0 Å². The Hall–Kier alpha value is -1.14. The number of aliphatic hydroxyl groups is 1. The number of carboxylic acids is 1. The molecule has 14 heavy (non-hydrogen) atoms. The Balaban J connectivity index is 2.26. The molecule has 1 amide bonds. The third kappa shape index (κ3) is 2.97. The second kappa shape index (κ2) is 4.92. The molecule has 0 aliphatic carbocycles. The normalized spacial score (nSPS) is 18.4. The zero-order valence-corrected chi connectivity index (χ0v) is 7.69. The number of carboxylic acid groups (broad SMARTS) is 1. The number of hydrogen-bond acceptors (Lipinski definition) is 4. The monoisotopic (exact) mass is 202 g/mol. The largest absolute Gasteiger partial charge is 0.480 e. The molecule has 1 aliphatic rings. The first-order chi connectivity index (χ1) is 6.63. The van der Waals surface area contributed by atoms with Crippen molar-refractivity contribution in [2.45, 2.75) is 12.5 Å². The van der Waals surface area contributed by atoms with E-state index in [9.17, 15) is 9.59 Å². The van der Waals surface area contributed by atoms with E-state index in [0.717, 1.165) is 13.1 Å². The minimum absolute atomic E-state index is 0.295. The van der Waals surface area contributed by atoms with Gasteiger partial charge in [0, 0.05) is 6.42 Å². The summed E-state index contributed by atoms with van der Waals surface area (Å²) in [4.78, 5) is 21.7. The summed E-state index contributed by atoms with van der Waals surface area (Å²) in [5.74, 6) is -1.24. The average molecular weight is 202 g/mol. The van der Waals surface area contributed by atoms with Crippen LogP contribution in [0.2, 0.25) is 0 Å². The van der Waals surface area contributed by atoms with Crippen LogP contribution in [-0.4, -0.2) is 47.8 Å². The molecule has 1 heterocycles. The zero-order chi connectivity index (χ0) is 10.6. The minimum atomic E-state index is -1.22. The highest BCUT2D eigenvalue weighted by molar-refractivity contribution is 5.83. The van der Waals surface area contributed by atoms with E-state index in [1.807, 2.05) is 0 Å². The first-order valence-corrected chi connectivity index (χ1v) is 4.47. The molecule has 6 nitrogen and oxygen atoms in total. The summed E-state index contributed by atoms with van der Waals surface area (Å²) in [7, 11) is 0. The molecule has 6 heteroatoms. The topological polar surface area (TPSA) is 98.7 Å². The first kappa shape index (κ1) is 10.9. The average Bonchev–Trinajstić information content (AvgIpc) is 2.07. The first-order valence-electron chi connectivity index (χ1n) is 4.47. The van der Waals surface area contributed by atoms with Gasteiger partial charge < -0.3 is 20.8 Å². The lowest BCUT2D eigenvalue weighted by Crippen LogP contribution is -2.48. The van der Waals surface area contributed by atoms with Crippen LogP contribution < -0.4 is 10.6 Å². The summed E-state index contributed by atoms with van der Waals surface area (Å²) >= 11 is 0. The van der Waals surface area contributed by atoms with Gasteiger partial charge in [0.1, 0.15) is 6.04 Å². The van der Waals surface area contributed by atoms with E-state index in [1.54, 1.807) is 0 Å². The summed E-state index contributed by atoms with van der Waals surface area (Å²) in [6, 6.07) is -1.18. The van der Waals surface area contributed by atoms with E-state index in [-0.39, 0.29) is 5.91 Å². The number of aliphatic carboxylic acids is 1.